The van der Waals surface area contributed by atoms with Crippen LogP contribution in [0.15, 0.2) is 52.9 Å². The van der Waals surface area contributed by atoms with Gasteiger partial charge in [0.25, 0.3) is 11.8 Å². The highest BCUT2D eigenvalue weighted by Crippen LogP contribution is 2.32. The van der Waals surface area contributed by atoms with Gasteiger partial charge in [-0.05, 0) is 18.2 Å². The number of alkyl halides is 1. The number of hydrogen-bond donors (Lipinski definition) is 1. The molecule has 1 atom stereocenters. The van der Waals surface area contributed by atoms with Gasteiger partial charge in [0.05, 0.1) is 12.7 Å². The summed E-state index contributed by atoms with van der Waals surface area (Å²) in [6.45, 7) is 0. The number of halogens is 1. The highest BCUT2D eigenvalue weighted by Gasteiger charge is 2.25. The Morgan fingerprint density at radius 1 is 1.17 bits per heavy atom. The monoisotopic (exact) mass is 327 g/mol. The molecule has 0 aliphatic heterocycles. The van der Waals surface area contributed by atoms with E-state index in [0.717, 1.165) is 0 Å². The fraction of sp³-hybridized carbons (Fsp3) is 0.118. The third-order valence-corrected chi connectivity index (χ3v) is 3.49. The molecule has 1 heterocycles. The number of methoxy groups -OCH3 is 1. The van der Waals surface area contributed by atoms with Crippen LogP contribution in [0, 0.1) is 0 Å². The summed E-state index contributed by atoms with van der Waals surface area (Å²) < 4.78 is 25.4. The summed E-state index contributed by atoms with van der Waals surface area (Å²) in [5.41, 5.74) is 5.98. The zero-order chi connectivity index (χ0) is 17.1. The molecule has 1 aromatic heterocycles. The Bertz CT molecular complexity index is 879. The second kappa shape index (κ2) is 6.49. The lowest BCUT2D eigenvalue weighted by Gasteiger charge is -2.08. The molecule has 0 saturated carbocycles. The molecule has 122 valence electrons. The number of primary amides is 1. The maximum atomic E-state index is 14.8. The molecule has 2 N–H and O–H groups in total. The van der Waals surface area contributed by atoms with E-state index >= 15 is 0 Å². The molecular formula is C17H14FN3O3. The SMILES string of the molecule is COc1ccccc1-c1nnc(C(F)c2ccccc2C(N)=O)o1. The number of ether oxygens (including phenoxy) is 1. The molecule has 1 unspecified atom stereocenters. The van der Waals surface area contributed by atoms with Gasteiger partial charge < -0.3 is 14.9 Å². The zero-order valence-electron chi connectivity index (χ0n) is 12.8. The van der Waals surface area contributed by atoms with Crippen molar-refractivity contribution in [1.82, 2.24) is 10.2 Å². The Labute approximate surface area is 137 Å². The summed E-state index contributed by atoms with van der Waals surface area (Å²) in [6.07, 6.45) is -1.76. The number of nitrogens with zero attached hydrogens (tertiary/aromatic N) is 2. The van der Waals surface area contributed by atoms with Crippen molar-refractivity contribution < 1.29 is 18.3 Å². The largest absolute Gasteiger partial charge is 0.496 e. The van der Waals surface area contributed by atoms with Gasteiger partial charge in [0.2, 0.25) is 12.1 Å². The van der Waals surface area contributed by atoms with Crippen molar-refractivity contribution in [3.05, 3.63) is 65.5 Å². The molecule has 0 saturated heterocycles. The van der Waals surface area contributed by atoms with Crippen LogP contribution in [0.2, 0.25) is 0 Å². The number of para-hydroxylation sites is 1. The molecule has 0 bridgehead atoms. The average Bonchev–Trinajstić information content (AvgIpc) is 3.11. The molecule has 6 nitrogen and oxygen atoms in total. The normalized spacial score (nSPS) is 11.9. The van der Waals surface area contributed by atoms with Crippen LogP contribution in [0.5, 0.6) is 5.75 Å². The van der Waals surface area contributed by atoms with E-state index in [1.54, 1.807) is 36.4 Å². The molecule has 7 heteroatoms. The van der Waals surface area contributed by atoms with E-state index in [-0.39, 0.29) is 22.9 Å². The van der Waals surface area contributed by atoms with Crippen LogP contribution < -0.4 is 10.5 Å². The summed E-state index contributed by atoms with van der Waals surface area (Å²) in [4.78, 5) is 11.4. The van der Waals surface area contributed by atoms with E-state index in [9.17, 15) is 9.18 Å². The van der Waals surface area contributed by atoms with Gasteiger partial charge in [-0.25, -0.2) is 4.39 Å². The van der Waals surface area contributed by atoms with E-state index in [4.69, 9.17) is 14.9 Å². The van der Waals surface area contributed by atoms with Gasteiger partial charge >= 0.3 is 0 Å². The molecule has 3 rings (SSSR count). The number of carbonyl (C=O) groups excluding carboxylic acids is 1. The van der Waals surface area contributed by atoms with Gasteiger partial charge in [0.1, 0.15) is 5.75 Å². The highest BCUT2D eigenvalue weighted by molar-refractivity contribution is 5.94. The number of rotatable bonds is 5. The Hall–Kier alpha value is -3.22. The second-order valence-electron chi connectivity index (χ2n) is 4.96. The molecule has 1 amide bonds. The smallest absolute Gasteiger partial charge is 0.255 e. The number of hydrogen-bond acceptors (Lipinski definition) is 5. The van der Waals surface area contributed by atoms with Crippen LogP contribution in [0.25, 0.3) is 11.5 Å². The van der Waals surface area contributed by atoms with Gasteiger partial charge in [0, 0.05) is 11.1 Å². The maximum Gasteiger partial charge on any atom is 0.255 e. The van der Waals surface area contributed by atoms with Crippen LogP contribution in [0.1, 0.15) is 28.0 Å². The maximum absolute atomic E-state index is 14.8. The predicted octanol–water partition coefficient (Wildman–Crippen LogP) is 2.90. The zero-order valence-corrected chi connectivity index (χ0v) is 12.8. The summed E-state index contributed by atoms with van der Waals surface area (Å²) in [7, 11) is 1.51. The molecule has 0 aliphatic carbocycles. The Kier molecular flexibility index (Phi) is 4.24. The third kappa shape index (κ3) is 2.83. The lowest BCUT2D eigenvalue weighted by atomic mass is 10.0. The van der Waals surface area contributed by atoms with E-state index in [1.165, 1.54) is 19.2 Å². The first-order chi connectivity index (χ1) is 11.6. The summed E-state index contributed by atoms with van der Waals surface area (Å²) in [5.74, 6) is -0.329. The fourth-order valence-corrected chi connectivity index (χ4v) is 2.34. The van der Waals surface area contributed by atoms with Crippen molar-refractivity contribution in [3.8, 4) is 17.2 Å². The van der Waals surface area contributed by atoms with Crippen molar-refractivity contribution in [2.75, 3.05) is 7.11 Å². The molecule has 24 heavy (non-hydrogen) atoms. The highest BCUT2D eigenvalue weighted by atomic mass is 19.1. The van der Waals surface area contributed by atoms with Gasteiger partial charge in [-0.2, -0.15) is 0 Å². The number of aromatic nitrogens is 2. The van der Waals surface area contributed by atoms with Crippen molar-refractivity contribution in [3.63, 3.8) is 0 Å². The standard InChI is InChI=1S/C17H14FN3O3/c1-23-13-9-5-4-8-12(13)16-20-21-17(24-16)14(18)10-6-2-3-7-11(10)15(19)22/h2-9,14H,1H3,(H2,19,22). The summed E-state index contributed by atoms with van der Waals surface area (Å²) in [6, 6.07) is 13.1. The number of benzene rings is 2. The molecule has 0 radical (unpaired) electrons. The number of amides is 1. The topological polar surface area (TPSA) is 91.2 Å². The van der Waals surface area contributed by atoms with E-state index < -0.39 is 12.1 Å². The molecule has 0 aliphatic rings. The minimum absolute atomic E-state index is 0.0713. The summed E-state index contributed by atoms with van der Waals surface area (Å²) in [5, 5.41) is 7.61. The van der Waals surface area contributed by atoms with Crippen LogP contribution in [0.3, 0.4) is 0 Å². The van der Waals surface area contributed by atoms with Crippen LogP contribution in [-0.2, 0) is 0 Å². The van der Waals surface area contributed by atoms with Gasteiger partial charge in [-0.1, -0.05) is 30.3 Å². The number of nitrogens with two attached hydrogens (primary N) is 1. The third-order valence-electron chi connectivity index (χ3n) is 3.49. The molecule has 0 spiro atoms. The van der Waals surface area contributed by atoms with Crippen molar-refractivity contribution in [2.24, 2.45) is 5.73 Å². The van der Waals surface area contributed by atoms with Gasteiger partial charge in [0.15, 0.2) is 0 Å². The first-order valence-corrected chi connectivity index (χ1v) is 7.11. The first-order valence-electron chi connectivity index (χ1n) is 7.11. The lowest BCUT2D eigenvalue weighted by Crippen LogP contribution is -2.14. The fourth-order valence-electron chi connectivity index (χ4n) is 2.34. The lowest BCUT2D eigenvalue weighted by molar-refractivity contribution is 0.0997. The Morgan fingerprint density at radius 2 is 1.88 bits per heavy atom. The minimum Gasteiger partial charge on any atom is -0.496 e. The first kappa shape index (κ1) is 15.7. The van der Waals surface area contributed by atoms with Crippen molar-refractivity contribution in [1.29, 1.82) is 0 Å². The van der Waals surface area contributed by atoms with Gasteiger partial charge in [-0.3, -0.25) is 4.79 Å². The van der Waals surface area contributed by atoms with Crippen LogP contribution in [-0.4, -0.2) is 23.2 Å². The molecule has 2 aromatic carbocycles. The molecular weight excluding hydrogens is 313 g/mol. The second-order valence-corrected chi connectivity index (χ2v) is 4.96. The molecule has 0 fully saturated rings. The number of carbonyl (C=O) groups is 1. The molecule has 3 aromatic rings. The Balaban J connectivity index is 1.98. The van der Waals surface area contributed by atoms with E-state index in [0.29, 0.717) is 11.3 Å². The predicted molar refractivity (Wildman–Crippen MR) is 84.2 cm³/mol. The van der Waals surface area contributed by atoms with Crippen LogP contribution >= 0.6 is 0 Å². The Morgan fingerprint density at radius 3 is 2.62 bits per heavy atom. The van der Waals surface area contributed by atoms with E-state index in [1.807, 2.05) is 0 Å². The van der Waals surface area contributed by atoms with E-state index in [2.05, 4.69) is 10.2 Å². The van der Waals surface area contributed by atoms with Crippen molar-refractivity contribution >= 4 is 5.91 Å². The average molecular weight is 327 g/mol. The van der Waals surface area contributed by atoms with Gasteiger partial charge in [-0.15, -0.1) is 10.2 Å². The quantitative estimate of drug-likeness (QED) is 0.778. The van der Waals surface area contributed by atoms with Crippen molar-refractivity contribution in [2.45, 2.75) is 6.17 Å². The summed E-state index contributed by atoms with van der Waals surface area (Å²) >= 11 is 0. The van der Waals surface area contributed by atoms with Crippen LogP contribution in [0.4, 0.5) is 4.39 Å². The minimum atomic E-state index is -1.76.